The zero-order chi connectivity index (χ0) is 10.7. The Balaban J connectivity index is 2.31. The first-order chi connectivity index (χ1) is 7.24. The van der Waals surface area contributed by atoms with Crippen molar-refractivity contribution in [3.63, 3.8) is 0 Å². The normalized spacial score (nSPS) is 9.47. The maximum absolute atomic E-state index is 12.8. The van der Waals surface area contributed by atoms with Crippen molar-refractivity contribution in [1.82, 2.24) is 10.2 Å². The Kier molecular flexibility index (Phi) is 2.46. The van der Waals surface area contributed by atoms with Gasteiger partial charge in [0.2, 0.25) is 0 Å². The molecule has 1 heterocycles. The first-order valence-electron chi connectivity index (χ1n) is 4.21. The molecular formula is C11H6F2N2. The highest BCUT2D eigenvalue weighted by Crippen LogP contribution is 2.06. The summed E-state index contributed by atoms with van der Waals surface area (Å²) in [5.41, 5.74) is 0.891. The highest BCUT2D eigenvalue weighted by Gasteiger charge is 1.97. The number of aromatic nitrogens is 2. The van der Waals surface area contributed by atoms with Gasteiger partial charge in [0.25, 0.3) is 0 Å². The number of nitrogens with one attached hydrogen (secondary N) is 1. The SMILES string of the molecule is Fc1cc(F)cc(C#Cc2ccn[nH]2)c1. The molecule has 74 valence electrons. The fourth-order valence-corrected chi connectivity index (χ4v) is 1.09. The lowest BCUT2D eigenvalue weighted by Crippen LogP contribution is -1.83. The summed E-state index contributed by atoms with van der Waals surface area (Å²) in [6.45, 7) is 0. The smallest absolute Gasteiger partial charge is 0.127 e. The van der Waals surface area contributed by atoms with Gasteiger partial charge in [-0.3, -0.25) is 5.10 Å². The number of rotatable bonds is 0. The van der Waals surface area contributed by atoms with Gasteiger partial charge in [0.05, 0.1) is 0 Å². The van der Waals surface area contributed by atoms with Crippen LogP contribution in [0.2, 0.25) is 0 Å². The Bertz CT molecular complexity index is 501. The van der Waals surface area contributed by atoms with Crippen LogP contribution in [0.3, 0.4) is 0 Å². The van der Waals surface area contributed by atoms with Gasteiger partial charge < -0.3 is 0 Å². The van der Waals surface area contributed by atoms with Crippen molar-refractivity contribution in [2.24, 2.45) is 0 Å². The van der Waals surface area contributed by atoms with E-state index in [0.29, 0.717) is 11.3 Å². The third-order valence-electron chi connectivity index (χ3n) is 1.70. The van der Waals surface area contributed by atoms with Gasteiger partial charge >= 0.3 is 0 Å². The Morgan fingerprint density at radius 1 is 1.07 bits per heavy atom. The van der Waals surface area contributed by atoms with Gasteiger partial charge in [0.1, 0.15) is 17.3 Å². The van der Waals surface area contributed by atoms with Gasteiger partial charge in [0.15, 0.2) is 0 Å². The molecule has 0 bridgehead atoms. The maximum atomic E-state index is 12.8. The number of aromatic amines is 1. The monoisotopic (exact) mass is 204 g/mol. The minimum Gasteiger partial charge on any atom is -0.270 e. The Hall–Kier alpha value is -2.15. The lowest BCUT2D eigenvalue weighted by atomic mass is 10.2. The second-order valence-electron chi connectivity index (χ2n) is 2.88. The predicted molar refractivity (Wildman–Crippen MR) is 50.9 cm³/mol. The molecule has 4 heteroatoms. The van der Waals surface area contributed by atoms with Crippen LogP contribution in [0.4, 0.5) is 8.78 Å². The third-order valence-corrected chi connectivity index (χ3v) is 1.70. The minimum atomic E-state index is -0.635. The lowest BCUT2D eigenvalue weighted by Gasteiger charge is -1.91. The van der Waals surface area contributed by atoms with E-state index in [9.17, 15) is 8.78 Å². The van der Waals surface area contributed by atoms with Crippen molar-refractivity contribution < 1.29 is 8.78 Å². The molecule has 0 aliphatic rings. The van der Waals surface area contributed by atoms with Crippen LogP contribution in [0.1, 0.15) is 11.3 Å². The number of nitrogens with zero attached hydrogens (tertiary/aromatic N) is 1. The first-order valence-corrected chi connectivity index (χ1v) is 4.21. The van der Waals surface area contributed by atoms with E-state index in [0.717, 1.165) is 6.07 Å². The third kappa shape index (κ3) is 2.41. The van der Waals surface area contributed by atoms with E-state index in [1.54, 1.807) is 12.3 Å². The van der Waals surface area contributed by atoms with Crippen molar-refractivity contribution in [2.75, 3.05) is 0 Å². The molecule has 1 aromatic heterocycles. The summed E-state index contributed by atoms with van der Waals surface area (Å²) in [6, 6.07) is 4.82. The van der Waals surface area contributed by atoms with Crippen molar-refractivity contribution >= 4 is 0 Å². The zero-order valence-electron chi connectivity index (χ0n) is 7.59. The summed E-state index contributed by atoms with van der Waals surface area (Å²) in [5, 5.41) is 6.32. The molecule has 0 spiro atoms. The van der Waals surface area contributed by atoms with E-state index < -0.39 is 11.6 Å². The van der Waals surface area contributed by atoms with E-state index >= 15 is 0 Å². The number of hydrogen-bond donors (Lipinski definition) is 1. The van der Waals surface area contributed by atoms with E-state index in [-0.39, 0.29) is 0 Å². The highest BCUT2D eigenvalue weighted by atomic mass is 19.1. The highest BCUT2D eigenvalue weighted by molar-refractivity contribution is 5.39. The van der Waals surface area contributed by atoms with Crippen LogP contribution in [0.25, 0.3) is 0 Å². The van der Waals surface area contributed by atoms with Gasteiger partial charge in [-0.15, -0.1) is 0 Å². The predicted octanol–water partition coefficient (Wildman–Crippen LogP) is 2.09. The molecule has 0 radical (unpaired) electrons. The van der Waals surface area contributed by atoms with Crippen LogP contribution in [0.15, 0.2) is 30.5 Å². The molecule has 0 saturated carbocycles. The molecule has 0 unspecified atom stereocenters. The quantitative estimate of drug-likeness (QED) is 0.654. The summed E-state index contributed by atoms with van der Waals surface area (Å²) < 4.78 is 25.5. The second kappa shape index (κ2) is 3.93. The van der Waals surface area contributed by atoms with Gasteiger partial charge in [-0.2, -0.15) is 5.10 Å². The Morgan fingerprint density at radius 3 is 2.40 bits per heavy atom. The average Bonchev–Trinajstić information content (AvgIpc) is 2.65. The van der Waals surface area contributed by atoms with Crippen LogP contribution in [0.5, 0.6) is 0 Å². The van der Waals surface area contributed by atoms with E-state index in [2.05, 4.69) is 22.0 Å². The van der Waals surface area contributed by atoms with E-state index in [4.69, 9.17) is 0 Å². The van der Waals surface area contributed by atoms with Gasteiger partial charge in [0, 0.05) is 17.8 Å². The minimum absolute atomic E-state index is 0.294. The van der Waals surface area contributed by atoms with Gasteiger partial charge in [-0.05, 0) is 24.1 Å². The van der Waals surface area contributed by atoms with Crippen LogP contribution >= 0.6 is 0 Å². The zero-order valence-corrected chi connectivity index (χ0v) is 7.59. The van der Waals surface area contributed by atoms with Crippen LogP contribution in [0, 0.1) is 23.5 Å². The molecule has 2 rings (SSSR count). The van der Waals surface area contributed by atoms with Crippen molar-refractivity contribution in [3.8, 4) is 11.8 Å². The van der Waals surface area contributed by atoms with Crippen molar-refractivity contribution in [3.05, 3.63) is 53.4 Å². The first kappa shape index (κ1) is 9.41. The van der Waals surface area contributed by atoms with Gasteiger partial charge in [-0.25, -0.2) is 8.78 Å². The fourth-order valence-electron chi connectivity index (χ4n) is 1.09. The summed E-state index contributed by atoms with van der Waals surface area (Å²) in [5.74, 6) is 4.05. The Labute approximate surface area is 84.9 Å². The number of halogens is 2. The molecule has 15 heavy (non-hydrogen) atoms. The van der Waals surface area contributed by atoms with Crippen LogP contribution in [-0.2, 0) is 0 Å². The number of hydrogen-bond acceptors (Lipinski definition) is 1. The molecular weight excluding hydrogens is 198 g/mol. The Morgan fingerprint density at radius 2 is 1.80 bits per heavy atom. The summed E-state index contributed by atoms with van der Waals surface area (Å²) in [7, 11) is 0. The summed E-state index contributed by atoms with van der Waals surface area (Å²) >= 11 is 0. The number of benzene rings is 1. The standard InChI is InChI=1S/C11H6F2N2/c12-9-5-8(6-10(13)7-9)1-2-11-3-4-14-15-11/h3-7H,(H,14,15). The van der Waals surface area contributed by atoms with E-state index in [1.807, 2.05) is 0 Å². The fraction of sp³-hybridized carbons (Fsp3) is 0. The summed E-state index contributed by atoms with van der Waals surface area (Å²) in [4.78, 5) is 0. The molecule has 0 aliphatic heterocycles. The van der Waals surface area contributed by atoms with E-state index in [1.165, 1.54) is 12.1 Å². The molecule has 2 nitrogen and oxygen atoms in total. The van der Waals surface area contributed by atoms with Crippen LogP contribution in [-0.4, -0.2) is 10.2 Å². The van der Waals surface area contributed by atoms with Crippen molar-refractivity contribution in [2.45, 2.75) is 0 Å². The molecule has 0 atom stereocenters. The molecule has 1 aromatic carbocycles. The topological polar surface area (TPSA) is 28.7 Å². The molecule has 0 fully saturated rings. The lowest BCUT2D eigenvalue weighted by molar-refractivity contribution is 0.582. The molecule has 1 N–H and O–H groups in total. The number of H-pyrrole nitrogens is 1. The largest absolute Gasteiger partial charge is 0.270 e. The average molecular weight is 204 g/mol. The molecule has 0 saturated heterocycles. The van der Waals surface area contributed by atoms with Crippen molar-refractivity contribution in [1.29, 1.82) is 0 Å². The van der Waals surface area contributed by atoms with Gasteiger partial charge in [-0.1, -0.05) is 5.92 Å². The molecule has 0 aliphatic carbocycles. The second-order valence-corrected chi connectivity index (χ2v) is 2.88. The van der Waals surface area contributed by atoms with Crippen LogP contribution < -0.4 is 0 Å². The maximum Gasteiger partial charge on any atom is 0.127 e. The molecule has 2 aromatic rings. The molecule has 0 amide bonds. The summed E-state index contributed by atoms with van der Waals surface area (Å²) in [6.07, 6.45) is 1.55.